The average Bonchev–Trinajstić information content (AvgIpc) is 3.27. The lowest BCUT2D eigenvalue weighted by molar-refractivity contribution is 0.0907. The van der Waals surface area contributed by atoms with Crippen LogP contribution in [-0.2, 0) is 13.1 Å². The molecule has 0 aliphatic rings. The van der Waals surface area contributed by atoms with Crippen LogP contribution in [0, 0.1) is 6.92 Å². The van der Waals surface area contributed by atoms with Crippen LogP contribution in [0.4, 0.5) is 0 Å². The molecule has 1 N–H and O–H groups in total. The first-order valence-corrected chi connectivity index (χ1v) is 8.82. The maximum absolute atomic E-state index is 12.2. The minimum absolute atomic E-state index is 0.0130. The minimum atomic E-state index is -0.576. The second-order valence-electron chi connectivity index (χ2n) is 6.25. The Morgan fingerprint density at radius 3 is 2.79 bits per heavy atom. The van der Waals surface area contributed by atoms with E-state index in [-0.39, 0.29) is 18.3 Å². The molecular formula is C19H15ClN4O4. The van der Waals surface area contributed by atoms with Crippen LogP contribution in [0.1, 0.15) is 27.6 Å². The van der Waals surface area contributed by atoms with Crippen LogP contribution in [0.3, 0.4) is 0 Å². The molecule has 0 saturated heterocycles. The number of hydrogen-bond acceptors (Lipinski definition) is 6. The number of carbonyl (C=O) groups excluding carboxylic acids is 1. The normalized spacial score (nSPS) is 11.1. The molecule has 0 bridgehead atoms. The lowest BCUT2D eigenvalue weighted by Gasteiger charge is -2.02. The molecule has 142 valence electrons. The highest BCUT2D eigenvalue weighted by Gasteiger charge is 2.17. The molecule has 8 nitrogen and oxygen atoms in total. The second-order valence-corrected chi connectivity index (χ2v) is 6.69. The van der Waals surface area contributed by atoms with Crippen LogP contribution in [0.2, 0.25) is 5.02 Å². The Hall–Kier alpha value is -3.39. The highest BCUT2D eigenvalue weighted by molar-refractivity contribution is 6.31. The van der Waals surface area contributed by atoms with Crippen molar-refractivity contribution in [3.63, 3.8) is 0 Å². The first kappa shape index (κ1) is 18.0. The standard InChI is InChI=1S/C19H15ClN4O4/c1-11-2-4-12(5-3-11)9-21-17(25)18-22-16(23-28-18)10-24-14-8-13(20)6-7-15(14)27-19(24)26/h2-8H,9-10H2,1H3,(H,21,25). The second kappa shape index (κ2) is 7.32. The van der Waals surface area contributed by atoms with Crippen LogP contribution >= 0.6 is 11.6 Å². The van der Waals surface area contributed by atoms with Gasteiger partial charge in [0.15, 0.2) is 11.4 Å². The molecule has 28 heavy (non-hydrogen) atoms. The summed E-state index contributed by atoms with van der Waals surface area (Å²) in [4.78, 5) is 28.3. The SMILES string of the molecule is Cc1ccc(CNC(=O)c2nc(Cn3c(=O)oc4ccc(Cl)cc43)no2)cc1. The Balaban J connectivity index is 1.48. The summed E-state index contributed by atoms with van der Waals surface area (Å²) < 4.78 is 11.5. The summed E-state index contributed by atoms with van der Waals surface area (Å²) in [5, 5.41) is 6.95. The minimum Gasteiger partial charge on any atom is -0.408 e. The lowest BCUT2D eigenvalue weighted by atomic mass is 10.1. The van der Waals surface area contributed by atoms with E-state index in [1.807, 2.05) is 31.2 Å². The monoisotopic (exact) mass is 398 g/mol. The summed E-state index contributed by atoms with van der Waals surface area (Å²) in [5.74, 6) is -1.08. The Labute approximate surface area is 163 Å². The van der Waals surface area contributed by atoms with Gasteiger partial charge < -0.3 is 14.3 Å². The molecule has 0 spiro atoms. The fourth-order valence-corrected chi connectivity index (χ4v) is 2.87. The molecule has 0 atom stereocenters. The van der Waals surface area contributed by atoms with E-state index < -0.39 is 11.7 Å². The molecule has 0 unspecified atom stereocenters. The summed E-state index contributed by atoms with van der Waals surface area (Å²) in [6, 6.07) is 12.6. The van der Waals surface area contributed by atoms with Crippen LogP contribution in [0.25, 0.3) is 11.1 Å². The number of nitrogens with zero attached hydrogens (tertiary/aromatic N) is 3. The molecule has 0 aliphatic heterocycles. The van der Waals surface area contributed by atoms with Gasteiger partial charge in [-0.1, -0.05) is 46.6 Å². The maximum atomic E-state index is 12.2. The molecule has 2 aromatic heterocycles. The molecule has 9 heteroatoms. The van der Waals surface area contributed by atoms with Gasteiger partial charge in [-0.3, -0.25) is 9.36 Å². The topological polar surface area (TPSA) is 103 Å². The number of carbonyl (C=O) groups is 1. The van der Waals surface area contributed by atoms with Crippen molar-refractivity contribution in [2.75, 3.05) is 0 Å². The van der Waals surface area contributed by atoms with Crippen molar-refractivity contribution in [1.82, 2.24) is 20.0 Å². The van der Waals surface area contributed by atoms with E-state index in [1.54, 1.807) is 18.2 Å². The lowest BCUT2D eigenvalue weighted by Crippen LogP contribution is -2.23. The van der Waals surface area contributed by atoms with Gasteiger partial charge in [0.25, 0.3) is 0 Å². The zero-order chi connectivity index (χ0) is 19.7. The summed E-state index contributed by atoms with van der Waals surface area (Å²) in [6.07, 6.45) is 0. The summed E-state index contributed by atoms with van der Waals surface area (Å²) in [7, 11) is 0. The highest BCUT2D eigenvalue weighted by Crippen LogP contribution is 2.19. The maximum Gasteiger partial charge on any atom is 0.420 e. The van der Waals surface area contributed by atoms with E-state index in [1.165, 1.54) is 4.57 Å². The van der Waals surface area contributed by atoms with Gasteiger partial charge in [0.1, 0.15) is 0 Å². The van der Waals surface area contributed by atoms with Gasteiger partial charge in [-0.2, -0.15) is 4.98 Å². The van der Waals surface area contributed by atoms with E-state index in [0.29, 0.717) is 22.7 Å². The summed E-state index contributed by atoms with van der Waals surface area (Å²) in [6.45, 7) is 2.31. The number of benzene rings is 2. The van der Waals surface area contributed by atoms with Crippen LogP contribution < -0.4 is 11.1 Å². The molecule has 0 aliphatic carbocycles. The third-order valence-corrected chi connectivity index (χ3v) is 4.40. The number of oxazole rings is 1. The third-order valence-electron chi connectivity index (χ3n) is 4.16. The van der Waals surface area contributed by atoms with Gasteiger partial charge in [-0.15, -0.1) is 0 Å². The zero-order valence-electron chi connectivity index (χ0n) is 14.8. The molecule has 1 amide bonds. The van der Waals surface area contributed by atoms with Gasteiger partial charge in [-0.05, 0) is 30.7 Å². The quantitative estimate of drug-likeness (QED) is 0.554. The largest absolute Gasteiger partial charge is 0.420 e. The average molecular weight is 399 g/mol. The van der Waals surface area contributed by atoms with Gasteiger partial charge in [0.2, 0.25) is 0 Å². The molecule has 0 radical (unpaired) electrons. The predicted molar refractivity (Wildman–Crippen MR) is 101 cm³/mol. The molecule has 4 rings (SSSR count). The van der Waals surface area contributed by atoms with Crippen molar-refractivity contribution in [1.29, 1.82) is 0 Å². The molecular weight excluding hydrogens is 384 g/mol. The number of hydrogen-bond donors (Lipinski definition) is 1. The van der Waals surface area contributed by atoms with Crippen LogP contribution in [0.5, 0.6) is 0 Å². The third kappa shape index (κ3) is 3.67. The molecule has 2 aromatic carbocycles. The first-order valence-electron chi connectivity index (χ1n) is 8.45. The van der Waals surface area contributed by atoms with Crippen molar-refractivity contribution in [2.24, 2.45) is 0 Å². The van der Waals surface area contributed by atoms with Crippen LogP contribution in [-0.4, -0.2) is 20.6 Å². The molecule has 0 fully saturated rings. The van der Waals surface area contributed by atoms with Gasteiger partial charge in [0, 0.05) is 11.6 Å². The highest BCUT2D eigenvalue weighted by atomic mass is 35.5. The Bertz CT molecular complexity index is 1210. The smallest absolute Gasteiger partial charge is 0.408 e. The van der Waals surface area contributed by atoms with E-state index in [4.69, 9.17) is 20.5 Å². The molecule has 0 saturated carbocycles. The number of aryl methyl sites for hydroxylation is 1. The predicted octanol–water partition coefficient (Wildman–Crippen LogP) is 2.92. The number of aromatic nitrogens is 3. The fourth-order valence-electron chi connectivity index (χ4n) is 2.70. The van der Waals surface area contributed by atoms with Crippen molar-refractivity contribution in [2.45, 2.75) is 20.0 Å². The van der Waals surface area contributed by atoms with Gasteiger partial charge in [0.05, 0.1) is 12.1 Å². The summed E-state index contributed by atoms with van der Waals surface area (Å²) >= 11 is 5.98. The van der Waals surface area contributed by atoms with Crippen molar-refractivity contribution < 1.29 is 13.7 Å². The number of rotatable bonds is 5. The van der Waals surface area contributed by atoms with Gasteiger partial charge >= 0.3 is 17.6 Å². The van der Waals surface area contributed by atoms with Crippen LogP contribution in [0.15, 0.2) is 56.2 Å². The van der Waals surface area contributed by atoms with E-state index in [0.717, 1.165) is 11.1 Å². The molecule has 4 aromatic rings. The summed E-state index contributed by atoms with van der Waals surface area (Å²) in [5.41, 5.74) is 2.99. The number of fused-ring (bicyclic) bond motifs is 1. The van der Waals surface area contributed by atoms with E-state index in [2.05, 4.69) is 15.5 Å². The Morgan fingerprint density at radius 1 is 1.21 bits per heavy atom. The van der Waals surface area contributed by atoms with Crippen molar-refractivity contribution in [3.8, 4) is 0 Å². The molecule has 2 heterocycles. The van der Waals surface area contributed by atoms with E-state index in [9.17, 15) is 9.59 Å². The van der Waals surface area contributed by atoms with Crippen molar-refractivity contribution in [3.05, 3.63) is 80.9 Å². The first-order chi connectivity index (χ1) is 13.5. The number of nitrogens with one attached hydrogen (secondary N) is 1. The van der Waals surface area contributed by atoms with Crippen molar-refractivity contribution >= 4 is 28.6 Å². The van der Waals surface area contributed by atoms with E-state index >= 15 is 0 Å². The Morgan fingerprint density at radius 2 is 2.00 bits per heavy atom. The zero-order valence-corrected chi connectivity index (χ0v) is 15.6. The fraction of sp³-hybridized carbons (Fsp3) is 0.158. The van der Waals surface area contributed by atoms with Gasteiger partial charge in [-0.25, -0.2) is 4.79 Å². The number of halogens is 1. The number of amides is 1. The Kier molecular flexibility index (Phi) is 4.70.